The molecule has 1 aliphatic rings. The van der Waals surface area contributed by atoms with Gasteiger partial charge >= 0.3 is 0 Å². The number of aromatic nitrogens is 3. The summed E-state index contributed by atoms with van der Waals surface area (Å²) in [6.07, 6.45) is 3.84. The van der Waals surface area contributed by atoms with Crippen molar-refractivity contribution < 1.29 is 9.26 Å². The van der Waals surface area contributed by atoms with Crippen LogP contribution >= 0.6 is 0 Å². The van der Waals surface area contributed by atoms with Gasteiger partial charge in [0, 0.05) is 36.8 Å². The normalized spacial score (nSPS) is 15.0. The second-order valence-corrected chi connectivity index (χ2v) is 7.62. The molecule has 0 aliphatic carbocycles. The van der Waals surface area contributed by atoms with Gasteiger partial charge in [0.05, 0.1) is 12.8 Å². The van der Waals surface area contributed by atoms with Crippen LogP contribution in [-0.2, 0) is 0 Å². The van der Waals surface area contributed by atoms with Gasteiger partial charge in [0.15, 0.2) is 5.82 Å². The average Bonchev–Trinajstić information content (AvgIpc) is 3.25. The van der Waals surface area contributed by atoms with Gasteiger partial charge in [-0.25, -0.2) is 4.98 Å². The Labute approximate surface area is 171 Å². The Bertz CT molecular complexity index is 948. The smallest absolute Gasteiger partial charge is 0.258 e. The van der Waals surface area contributed by atoms with Crippen molar-refractivity contribution in [3.8, 4) is 17.2 Å². The maximum atomic E-state index is 5.51. The first-order valence-corrected chi connectivity index (χ1v) is 10.1. The number of piperidine rings is 1. The van der Waals surface area contributed by atoms with E-state index in [1.54, 1.807) is 13.3 Å². The summed E-state index contributed by atoms with van der Waals surface area (Å²) in [4.78, 5) is 11.3. The maximum absolute atomic E-state index is 5.51. The maximum Gasteiger partial charge on any atom is 0.258 e. The van der Waals surface area contributed by atoms with E-state index in [9.17, 15) is 0 Å². The second-order valence-electron chi connectivity index (χ2n) is 7.62. The molecule has 0 atom stereocenters. The third-order valence-electron chi connectivity index (χ3n) is 5.24. The molecule has 1 aliphatic heterocycles. The molecule has 1 aromatic carbocycles. The molecule has 0 saturated carbocycles. The van der Waals surface area contributed by atoms with Crippen molar-refractivity contribution in [2.45, 2.75) is 38.6 Å². The lowest BCUT2D eigenvalue weighted by molar-refractivity contribution is 0.411. The van der Waals surface area contributed by atoms with Crippen LogP contribution in [0.2, 0.25) is 0 Å². The Morgan fingerprint density at radius 3 is 2.69 bits per heavy atom. The van der Waals surface area contributed by atoms with E-state index in [0.29, 0.717) is 11.9 Å². The monoisotopic (exact) mass is 393 g/mol. The molecular weight excluding hydrogens is 366 g/mol. The lowest BCUT2D eigenvalue weighted by Crippen LogP contribution is -2.39. The SMILES string of the molecule is COc1ccccc1N1CCC(Nc2cc(-c3nc(C(C)C)no3)ccn2)CC1. The van der Waals surface area contributed by atoms with E-state index in [1.807, 2.05) is 38.1 Å². The summed E-state index contributed by atoms with van der Waals surface area (Å²) in [5, 5.41) is 7.61. The summed E-state index contributed by atoms with van der Waals surface area (Å²) in [6, 6.07) is 12.4. The molecule has 3 heterocycles. The second kappa shape index (κ2) is 8.51. The van der Waals surface area contributed by atoms with Gasteiger partial charge in [-0.3, -0.25) is 0 Å². The molecule has 0 unspecified atom stereocenters. The van der Waals surface area contributed by atoms with Crippen LogP contribution in [0.25, 0.3) is 11.5 Å². The van der Waals surface area contributed by atoms with Crippen molar-refractivity contribution >= 4 is 11.5 Å². The van der Waals surface area contributed by atoms with E-state index in [1.165, 1.54) is 0 Å². The van der Waals surface area contributed by atoms with E-state index >= 15 is 0 Å². The van der Waals surface area contributed by atoms with Gasteiger partial charge in [0.1, 0.15) is 11.6 Å². The van der Waals surface area contributed by atoms with E-state index in [4.69, 9.17) is 9.26 Å². The Balaban J connectivity index is 1.39. The highest BCUT2D eigenvalue weighted by molar-refractivity contribution is 5.60. The van der Waals surface area contributed by atoms with Gasteiger partial charge in [0.2, 0.25) is 0 Å². The highest BCUT2D eigenvalue weighted by atomic mass is 16.5. The zero-order chi connectivity index (χ0) is 20.2. The molecule has 7 heteroatoms. The molecule has 152 valence electrons. The molecule has 1 saturated heterocycles. The number of anilines is 2. The summed E-state index contributed by atoms with van der Waals surface area (Å²) in [5.41, 5.74) is 2.04. The molecule has 3 aromatic rings. The number of pyridine rings is 1. The van der Waals surface area contributed by atoms with Gasteiger partial charge in [-0.05, 0) is 37.1 Å². The number of methoxy groups -OCH3 is 1. The number of nitrogens with one attached hydrogen (secondary N) is 1. The third kappa shape index (κ3) is 4.34. The zero-order valence-electron chi connectivity index (χ0n) is 17.1. The van der Waals surface area contributed by atoms with E-state index < -0.39 is 0 Å². The Hall–Kier alpha value is -3.09. The summed E-state index contributed by atoms with van der Waals surface area (Å²) in [7, 11) is 1.72. The number of ether oxygens (including phenoxy) is 1. The van der Waals surface area contributed by atoms with Gasteiger partial charge in [-0.15, -0.1) is 0 Å². The molecule has 0 radical (unpaired) electrons. The minimum atomic E-state index is 0.236. The lowest BCUT2D eigenvalue weighted by Gasteiger charge is -2.34. The first-order valence-electron chi connectivity index (χ1n) is 10.1. The third-order valence-corrected chi connectivity index (χ3v) is 5.24. The number of benzene rings is 1. The zero-order valence-corrected chi connectivity index (χ0v) is 17.1. The molecular formula is C22H27N5O2. The highest BCUT2D eigenvalue weighted by Crippen LogP contribution is 2.30. The summed E-state index contributed by atoms with van der Waals surface area (Å²) < 4.78 is 10.9. The van der Waals surface area contributed by atoms with E-state index in [2.05, 4.69) is 37.5 Å². The first-order chi connectivity index (χ1) is 14.1. The number of hydrogen-bond donors (Lipinski definition) is 1. The van der Waals surface area contributed by atoms with Crippen molar-refractivity contribution in [1.82, 2.24) is 15.1 Å². The van der Waals surface area contributed by atoms with E-state index in [0.717, 1.165) is 54.6 Å². The first kappa shape index (κ1) is 19.2. The van der Waals surface area contributed by atoms with Crippen LogP contribution < -0.4 is 15.0 Å². The van der Waals surface area contributed by atoms with Crippen molar-refractivity contribution in [3.05, 3.63) is 48.4 Å². The van der Waals surface area contributed by atoms with Crippen LogP contribution in [0.4, 0.5) is 11.5 Å². The predicted molar refractivity (Wildman–Crippen MR) is 113 cm³/mol. The predicted octanol–water partition coefficient (Wildman–Crippen LogP) is 4.34. The number of nitrogens with zero attached hydrogens (tertiary/aromatic N) is 4. The molecule has 29 heavy (non-hydrogen) atoms. The van der Waals surface area contributed by atoms with Crippen molar-refractivity contribution in [1.29, 1.82) is 0 Å². The Kier molecular flexibility index (Phi) is 5.64. The van der Waals surface area contributed by atoms with Gasteiger partial charge in [-0.1, -0.05) is 31.1 Å². The van der Waals surface area contributed by atoms with Crippen molar-refractivity contribution in [2.75, 3.05) is 30.4 Å². The number of para-hydroxylation sites is 2. The molecule has 1 N–H and O–H groups in total. The minimum absolute atomic E-state index is 0.236. The van der Waals surface area contributed by atoms with Crippen LogP contribution in [0.1, 0.15) is 38.4 Å². The van der Waals surface area contributed by atoms with Crippen LogP contribution in [0.5, 0.6) is 5.75 Å². The van der Waals surface area contributed by atoms with Gasteiger partial charge in [0.25, 0.3) is 5.89 Å². The number of rotatable bonds is 6. The quantitative estimate of drug-likeness (QED) is 0.667. The van der Waals surface area contributed by atoms with E-state index in [-0.39, 0.29) is 5.92 Å². The fraction of sp³-hybridized carbons (Fsp3) is 0.409. The number of hydrogen-bond acceptors (Lipinski definition) is 7. The highest BCUT2D eigenvalue weighted by Gasteiger charge is 2.22. The van der Waals surface area contributed by atoms with Gasteiger partial charge in [-0.2, -0.15) is 4.98 Å². The molecule has 1 fully saturated rings. The minimum Gasteiger partial charge on any atom is -0.495 e. The topological polar surface area (TPSA) is 76.3 Å². The fourth-order valence-electron chi connectivity index (χ4n) is 3.59. The molecule has 0 bridgehead atoms. The summed E-state index contributed by atoms with van der Waals surface area (Å²) in [5.74, 6) is 3.25. The molecule has 0 spiro atoms. The molecule has 2 aromatic heterocycles. The Morgan fingerprint density at radius 2 is 1.97 bits per heavy atom. The molecule has 4 rings (SSSR count). The van der Waals surface area contributed by atoms with Crippen molar-refractivity contribution in [3.63, 3.8) is 0 Å². The largest absolute Gasteiger partial charge is 0.495 e. The molecule has 7 nitrogen and oxygen atoms in total. The van der Waals surface area contributed by atoms with Crippen LogP contribution in [0, 0.1) is 0 Å². The van der Waals surface area contributed by atoms with Crippen LogP contribution in [0.15, 0.2) is 47.1 Å². The van der Waals surface area contributed by atoms with Crippen LogP contribution in [0.3, 0.4) is 0 Å². The van der Waals surface area contributed by atoms with Gasteiger partial charge < -0.3 is 19.5 Å². The summed E-state index contributed by atoms with van der Waals surface area (Å²) in [6.45, 7) is 6.04. The summed E-state index contributed by atoms with van der Waals surface area (Å²) >= 11 is 0. The average molecular weight is 393 g/mol. The van der Waals surface area contributed by atoms with Crippen LogP contribution in [-0.4, -0.2) is 41.4 Å². The fourth-order valence-corrected chi connectivity index (χ4v) is 3.59. The lowest BCUT2D eigenvalue weighted by atomic mass is 10.0. The van der Waals surface area contributed by atoms with Crippen molar-refractivity contribution in [2.24, 2.45) is 0 Å². The Morgan fingerprint density at radius 1 is 1.17 bits per heavy atom. The standard InChI is InChI=1S/C22H27N5O2/c1-15(2)21-25-22(29-26-21)16-8-11-23-20(14-16)24-17-9-12-27(13-10-17)18-6-4-5-7-19(18)28-3/h4-8,11,14-15,17H,9-10,12-13H2,1-3H3,(H,23,24). The molecule has 0 amide bonds.